The summed E-state index contributed by atoms with van der Waals surface area (Å²) in [5.74, 6) is -6.17. The average Bonchev–Trinajstić information content (AvgIpc) is 2.78. The van der Waals surface area contributed by atoms with E-state index in [4.69, 9.17) is 31.0 Å². The van der Waals surface area contributed by atoms with Crippen molar-refractivity contribution in [2.75, 3.05) is 12.5 Å². The molecule has 2 heterocycles. The second-order valence-corrected chi connectivity index (χ2v) is 11.0. The third-order valence-corrected chi connectivity index (χ3v) is 8.11. The molecule has 0 bridgehead atoms. The molecule has 32 heavy (non-hydrogen) atoms. The van der Waals surface area contributed by atoms with Crippen molar-refractivity contribution in [2.45, 2.75) is 23.9 Å². The third kappa shape index (κ3) is 6.21. The van der Waals surface area contributed by atoms with Crippen LogP contribution in [-0.4, -0.2) is 71.8 Å². The van der Waals surface area contributed by atoms with E-state index in [1.165, 1.54) is 0 Å². The van der Waals surface area contributed by atoms with Crippen LogP contribution in [0.15, 0.2) is 24.7 Å². The summed E-state index contributed by atoms with van der Waals surface area (Å²) in [5, 5.41) is 12.2. The molecule has 0 aromatic rings. The number of carbonyl (C=O) groups excluding carboxylic acids is 1. The Labute approximate surface area is 182 Å². The van der Waals surface area contributed by atoms with Gasteiger partial charge in [0.15, 0.2) is 6.10 Å². The quantitative estimate of drug-likeness (QED) is 0.165. The lowest BCUT2D eigenvalue weighted by molar-refractivity contribution is -0.155. The first-order valence-corrected chi connectivity index (χ1v) is 12.9. The van der Waals surface area contributed by atoms with Crippen molar-refractivity contribution in [2.24, 2.45) is 0 Å². The minimum Gasteiger partial charge on any atom is -0.383 e. The molecule has 15 nitrogen and oxygen atoms in total. The van der Waals surface area contributed by atoms with Crippen molar-refractivity contribution < 1.29 is 69.8 Å². The molecule has 2 aliphatic heterocycles. The molecule has 0 aromatic carbocycles. The van der Waals surface area contributed by atoms with E-state index >= 15 is 0 Å². The Morgan fingerprint density at radius 1 is 1.22 bits per heavy atom. The van der Waals surface area contributed by atoms with Crippen molar-refractivity contribution in [1.29, 1.82) is 0 Å². The summed E-state index contributed by atoms with van der Waals surface area (Å²) in [5.41, 5.74) is -2.61. The maximum Gasteiger partial charge on any atom is 0.490 e. The monoisotopic (exact) mass is 550 g/mol. The molecule has 1 fully saturated rings. The summed E-state index contributed by atoms with van der Waals surface area (Å²) < 4.78 is 79.7. The van der Waals surface area contributed by atoms with Crippen LogP contribution in [0, 0.1) is 0 Å². The van der Waals surface area contributed by atoms with Gasteiger partial charge < -0.3 is 39.6 Å². The Bertz CT molecular complexity index is 959. The second kappa shape index (κ2) is 9.12. The molecule has 0 aromatic heterocycles. The van der Waals surface area contributed by atoms with Crippen molar-refractivity contribution >= 4 is 41.0 Å². The summed E-state index contributed by atoms with van der Waals surface area (Å²) in [6.07, 6.45) is -3.43. The molecule has 2 aliphatic rings. The van der Waals surface area contributed by atoms with Crippen LogP contribution in [0.25, 0.3) is 0 Å². The van der Waals surface area contributed by atoms with Crippen LogP contribution in [0.1, 0.15) is 0 Å². The predicted octanol–water partition coefficient (Wildman–Crippen LogP) is 0.0765. The zero-order valence-corrected chi connectivity index (χ0v) is 18.8. The van der Waals surface area contributed by atoms with Crippen LogP contribution in [0.4, 0.5) is 8.78 Å². The number of amides is 1. The fourth-order valence-electron chi connectivity index (χ4n) is 2.55. The number of nitrogens with zero attached hydrogens (tertiary/aromatic N) is 1. The molecule has 2 rings (SSSR count). The number of phosphoric acid groups is 3. The van der Waals surface area contributed by atoms with Crippen LogP contribution < -0.4 is 5.32 Å². The molecule has 0 saturated carbocycles. The molecular formula is C11H16ClF2N2O13P3. The Hall–Kier alpha value is -0.770. The van der Waals surface area contributed by atoms with Crippen LogP contribution in [0.5, 0.6) is 0 Å². The van der Waals surface area contributed by atoms with E-state index in [1.807, 2.05) is 0 Å². The Morgan fingerprint density at radius 3 is 2.31 bits per heavy atom. The number of alkyl halides is 3. The molecular weight excluding hydrogens is 534 g/mol. The predicted molar refractivity (Wildman–Crippen MR) is 97.4 cm³/mol. The van der Waals surface area contributed by atoms with Gasteiger partial charge in [-0.2, -0.15) is 17.4 Å². The van der Waals surface area contributed by atoms with Gasteiger partial charge in [-0.05, 0) is 0 Å². The smallest absolute Gasteiger partial charge is 0.383 e. The standard InChI is InChI=1S/C11H16ClF2N2O13P3/c1-6-15-7(17)2-3-16(6)9-11(13,14)8(18)10(4-12,27-9)5-26-31(22,23)29-32(24,25)28-30(19,20)21/h2-3,8-9,18H,1,4-5H2,(H,15,17)(H,22,23)(H,24,25)(H2,19,20,21)/t8-,9-,10-/m1/s1. The van der Waals surface area contributed by atoms with Crippen LogP contribution >= 0.6 is 35.1 Å². The number of carbonyl (C=O) groups is 1. The molecule has 0 radical (unpaired) electrons. The Kier molecular flexibility index (Phi) is 7.83. The average molecular weight is 551 g/mol. The van der Waals surface area contributed by atoms with E-state index in [9.17, 15) is 37.3 Å². The Morgan fingerprint density at radius 2 is 1.81 bits per heavy atom. The van der Waals surface area contributed by atoms with E-state index in [2.05, 4.69) is 25.0 Å². The van der Waals surface area contributed by atoms with Crippen molar-refractivity contribution in [3.8, 4) is 0 Å². The van der Waals surface area contributed by atoms with Crippen molar-refractivity contribution in [1.82, 2.24) is 10.2 Å². The zero-order chi connectivity index (χ0) is 24.8. The maximum atomic E-state index is 14.7. The number of aliphatic hydroxyl groups excluding tert-OH is 1. The van der Waals surface area contributed by atoms with Gasteiger partial charge in [-0.25, -0.2) is 13.7 Å². The largest absolute Gasteiger partial charge is 0.490 e. The van der Waals surface area contributed by atoms with Crippen LogP contribution in [-0.2, 0) is 36.4 Å². The van der Waals surface area contributed by atoms with E-state index in [1.54, 1.807) is 0 Å². The van der Waals surface area contributed by atoms with Gasteiger partial charge in [-0.1, -0.05) is 6.58 Å². The lowest BCUT2D eigenvalue weighted by Crippen LogP contribution is -2.52. The molecule has 1 saturated heterocycles. The molecule has 5 atom stereocenters. The number of phosphoric ester groups is 1. The summed E-state index contributed by atoms with van der Waals surface area (Å²) in [6, 6.07) is 0. The minimum absolute atomic E-state index is 0.368. The molecule has 1 amide bonds. The van der Waals surface area contributed by atoms with Gasteiger partial charge >= 0.3 is 29.4 Å². The van der Waals surface area contributed by atoms with Gasteiger partial charge in [0.05, 0.1) is 12.5 Å². The molecule has 6 N–H and O–H groups in total. The van der Waals surface area contributed by atoms with Crippen LogP contribution in [0.2, 0.25) is 0 Å². The molecule has 0 aliphatic carbocycles. The number of aliphatic hydroxyl groups is 1. The maximum absolute atomic E-state index is 14.7. The van der Waals surface area contributed by atoms with E-state index in [0.29, 0.717) is 4.90 Å². The number of halogens is 3. The fraction of sp³-hybridized carbons (Fsp3) is 0.545. The summed E-state index contributed by atoms with van der Waals surface area (Å²) >= 11 is 5.63. The van der Waals surface area contributed by atoms with E-state index in [0.717, 1.165) is 12.3 Å². The lowest BCUT2D eigenvalue weighted by atomic mass is 9.97. The van der Waals surface area contributed by atoms with E-state index in [-0.39, 0.29) is 5.82 Å². The van der Waals surface area contributed by atoms with Gasteiger partial charge in [-0.3, -0.25) is 9.32 Å². The normalized spacial score (nSPS) is 31.8. The molecule has 2 unspecified atom stereocenters. The third-order valence-electron chi connectivity index (χ3n) is 3.87. The number of ether oxygens (including phenoxy) is 1. The van der Waals surface area contributed by atoms with E-state index < -0.39 is 65.7 Å². The summed E-state index contributed by atoms with van der Waals surface area (Å²) in [6.45, 7) is 1.91. The molecule has 0 spiro atoms. The van der Waals surface area contributed by atoms with Crippen molar-refractivity contribution in [3.05, 3.63) is 24.7 Å². The second-order valence-electron chi connectivity index (χ2n) is 6.27. The highest BCUT2D eigenvalue weighted by Gasteiger charge is 2.68. The first kappa shape index (κ1) is 27.5. The highest BCUT2D eigenvalue weighted by molar-refractivity contribution is 7.66. The minimum atomic E-state index is -5.87. The topological polar surface area (TPSA) is 222 Å². The Balaban J connectivity index is 2.22. The van der Waals surface area contributed by atoms with Crippen LogP contribution in [0.3, 0.4) is 0 Å². The van der Waals surface area contributed by atoms with Gasteiger partial charge in [0.1, 0.15) is 11.4 Å². The highest BCUT2D eigenvalue weighted by Crippen LogP contribution is 2.66. The number of hydrogen-bond acceptors (Lipinski definition) is 10. The number of hydrogen-bond donors (Lipinski definition) is 6. The van der Waals surface area contributed by atoms with Gasteiger partial charge in [-0.15, -0.1) is 11.6 Å². The molecule has 184 valence electrons. The molecule has 21 heteroatoms. The number of nitrogens with one attached hydrogen (secondary N) is 1. The zero-order valence-electron chi connectivity index (χ0n) is 15.4. The van der Waals surface area contributed by atoms with Gasteiger partial charge in [0.2, 0.25) is 6.23 Å². The van der Waals surface area contributed by atoms with Gasteiger partial charge in [0, 0.05) is 12.3 Å². The SMILES string of the molecule is C=C1NC(=O)C=CN1[C@@H]1O[C@](CCl)(COP(=O)(O)OP(=O)(O)OP(=O)(O)O)[C@@H](O)C1(F)F. The van der Waals surface area contributed by atoms with Crippen molar-refractivity contribution in [3.63, 3.8) is 0 Å². The summed E-state index contributed by atoms with van der Waals surface area (Å²) in [7, 11) is -17.3. The first-order chi connectivity index (χ1) is 14.3. The number of rotatable bonds is 9. The highest BCUT2D eigenvalue weighted by atomic mass is 35.5. The van der Waals surface area contributed by atoms with Gasteiger partial charge in [0.25, 0.3) is 5.91 Å². The lowest BCUT2D eigenvalue weighted by Gasteiger charge is -2.34. The fourth-order valence-corrected chi connectivity index (χ4v) is 5.91. The first-order valence-electron chi connectivity index (χ1n) is 7.89. The summed E-state index contributed by atoms with van der Waals surface area (Å²) in [4.78, 5) is 47.5.